The van der Waals surface area contributed by atoms with Crippen LogP contribution in [0.2, 0.25) is 0 Å². The van der Waals surface area contributed by atoms with E-state index in [-0.39, 0.29) is 0 Å². The topological polar surface area (TPSA) is 20.3 Å². The van der Waals surface area contributed by atoms with E-state index in [1.807, 2.05) is 6.08 Å². The molecular formula is C6H9NOS. The van der Waals surface area contributed by atoms with Gasteiger partial charge in [0.05, 0.1) is 0 Å². The highest BCUT2D eigenvalue weighted by Gasteiger charge is 2.31. The second-order valence-corrected chi connectivity index (χ2v) is 4.05. The lowest BCUT2D eigenvalue weighted by Gasteiger charge is -2.41. The molecule has 0 spiro atoms. The number of nitrogens with zero attached hydrogens (tertiary/aromatic N) is 1. The van der Waals surface area contributed by atoms with Gasteiger partial charge in [0.25, 0.3) is 0 Å². The van der Waals surface area contributed by atoms with Gasteiger partial charge in [0.1, 0.15) is 5.37 Å². The molecule has 2 rings (SSSR count). The SMILES string of the molecule is O=S1CC=CN2CCC21. The van der Waals surface area contributed by atoms with Crippen molar-refractivity contribution in [1.29, 1.82) is 0 Å². The van der Waals surface area contributed by atoms with E-state index >= 15 is 0 Å². The molecule has 0 amide bonds. The van der Waals surface area contributed by atoms with Crippen LogP contribution >= 0.6 is 0 Å². The molecular weight excluding hydrogens is 134 g/mol. The molecule has 2 aliphatic rings. The fourth-order valence-electron chi connectivity index (χ4n) is 1.22. The summed E-state index contributed by atoms with van der Waals surface area (Å²) in [4.78, 5) is 2.15. The first kappa shape index (κ1) is 5.47. The standard InChI is InChI=1S/C6H9NOS/c8-9-5-1-3-7-4-2-6(7)9/h1,3,6H,2,4-5H2. The fraction of sp³-hybridized carbons (Fsp3) is 0.667. The van der Waals surface area contributed by atoms with E-state index in [1.165, 1.54) is 0 Å². The molecule has 0 N–H and O–H groups in total. The maximum atomic E-state index is 11.1. The first-order valence-electron chi connectivity index (χ1n) is 3.17. The summed E-state index contributed by atoms with van der Waals surface area (Å²) in [6.07, 6.45) is 5.18. The number of rotatable bonds is 0. The molecule has 1 fully saturated rings. The minimum atomic E-state index is -0.589. The van der Waals surface area contributed by atoms with Crippen molar-refractivity contribution in [1.82, 2.24) is 4.90 Å². The van der Waals surface area contributed by atoms with Gasteiger partial charge in [0, 0.05) is 23.1 Å². The number of hydrogen-bond acceptors (Lipinski definition) is 2. The highest BCUT2D eigenvalue weighted by Crippen LogP contribution is 2.23. The third kappa shape index (κ3) is 0.713. The van der Waals surface area contributed by atoms with Gasteiger partial charge in [-0.1, -0.05) is 6.08 Å². The van der Waals surface area contributed by atoms with Crippen molar-refractivity contribution in [3.05, 3.63) is 12.3 Å². The summed E-state index contributed by atoms with van der Waals surface area (Å²) in [5, 5.41) is 0.370. The highest BCUT2D eigenvalue weighted by molar-refractivity contribution is 7.85. The first-order valence-corrected chi connectivity index (χ1v) is 4.56. The fourth-order valence-corrected chi connectivity index (χ4v) is 2.56. The molecule has 0 saturated carbocycles. The normalized spacial score (nSPS) is 39.8. The Morgan fingerprint density at radius 1 is 1.67 bits per heavy atom. The van der Waals surface area contributed by atoms with Crippen molar-refractivity contribution in [2.75, 3.05) is 12.3 Å². The second kappa shape index (κ2) is 1.84. The van der Waals surface area contributed by atoms with Crippen LogP contribution in [-0.4, -0.2) is 26.8 Å². The average Bonchev–Trinajstić information content (AvgIpc) is 1.74. The molecule has 2 heterocycles. The van der Waals surface area contributed by atoms with E-state index in [0.29, 0.717) is 5.37 Å². The minimum absolute atomic E-state index is 0.370. The molecule has 0 radical (unpaired) electrons. The van der Waals surface area contributed by atoms with Crippen molar-refractivity contribution in [3.63, 3.8) is 0 Å². The maximum Gasteiger partial charge on any atom is 0.106 e. The van der Waals surface area contributed by atoms with E-state index in [4.69, 9.17) is 0 Å². The van der Waals surface area contributed by atoms with E-state index in [9.17, 15) is 4.21 Å². The second-order valence-electron chi connectivity index (χ2n) is 2.41. The van der Waals surface area contributed by atoms with Crippen LogP contribution in [0.5, 0.6) is 0 Å². The molecule has 0 aromatic carbocycles. The van der Waals surface area contributed by atoms with Crippen LogP contribution in [-0.2, 0) is 10.8 Å². The Balaban J connectivity index is 2.20. The molecule has 2 aliphatic heterocycles. The molecule has 2 atom stereocenters. The minimum Gasteiger partial charge on any atom is -0.363 e. The zero-order chi connectivity index (χ0) is 6.27. The Kier molecular flexibility index (Phi) is 1.12. The Labute approximate surface area is 57.0 Å². The van der Waals surface area contributed by atoms with Gasteiger partial charge in [0.15, 0.2) is 0 Å². The lowest BCUT2D eigenvalue weighted by Crippen LogP contribution is -2.48. The molecule has 9 heavy (non-hydrogen) atoms. The van der Waals surface area contributed by atoms with Gasteiger partial charge in [-0.25, -0.2) is 0 Å². The molecule has 2 unspecified atom stereocenters. The van der Waals surface area contributed by atoms with Crippen molar-refractivity contribution >= 4 is 10.8 Å². The van der Waals surface area contributed by atoms with Crippen LogP contribution in [0.4, 0.5) is 0 Å². The zero-order valence-corrected chi connectivity index (χ0v) is 5.93. The first-order chi connectivity index (χ1) is 4.38. The molecule has 0 aliphatic carbocycles. The van der Waals surface area contributed by atoms with E-state index in [1.54, 1.807) is 0 Å². The predicted octanol–water partition coefficient (Wildman–Crippen LogP) is 0.294. The van der Waals surface area contributed by atoms with Gasteiger partial charge in [-0.2, -0.15) is 0 Å². The van der Waals surface area contributed by atoms with Gasteiger partial charge in [-0.05, 0) is 12.6 Å². The molecule has 0 bridgehead atoms. The third-order valence-corrected chi connectivity index (χ3v) is 3.50. The Morgan fingerprint density at radius 2 is 2.56 bits per heavy atom. The number of fused-ring (bicyclic) bond motifs is 1. The lowest BCUT2D eigenvalue weighted by atomic mass is 10.2. The van der Waals surface area contributed by atoms with E-state index < -0.39 is 10.8 Å². The molecule has 0 aromatic heterocycles. The molecule has 0 aromatic rings. The molecule has 1 saturated heterocycles. The van der Waals surface area contributed by atoms with Crippen LogP contribution in [0.3, 0.4) is 0 Å². The van der Waals surface area contributed by atoms with Crippen molar-refractivity contribution in [2.45, 2.75) is 11.8 Å². The molecule has 3 heteroatoms. The molecule has 50 valence electrons. The third-order valence-electron chi connectivity index (χ3n) is 1.86. The summed E-state index contributed by atoms with van der Waals surface area (Å²) in [5.41, 5.74) is 0. The van der Waals surface area contributed by atoms with Gasteiger partial charge in [0.2, 0.25) is 0 Å². The largest absolute Gasteiger partial charge is 0.363 e. The van der Waals surface area contributed by atoms with E-state index in [0.717, 1.165) is 18.7 Å². The summed E-state index contributed by atoms with van der Waals surface area (Å²) in [7, 11) is -0.589. The summed E-state index contributed by atoms with van der Waals surface area (Å²) in [6.45, 7) is 1.10. The average molecular weight is 143 g/mol. The van der Waals surface area contributed by atoms with Crippen LogP contribution in [0.25, 0.3) is 0 Å². The summed E-state index contributed by atoms with van der Waals surface area (Å²) >= 11 is 0. The van der Waals surface area contributed by atoms with Gasteiger partial charge < -0.3 is 4.90 Å². The smallest absolute Gasteiger partial charge is 0.106 e. The van der Waals surface area contributed by atoms with Crippen LogP contribution in [0.15, 0.2) is 12.3 Å². The predicted molar refractivity (Wildman–Crippen MR) is 37.3 cm³/mol. The summed E-state index contributed by atoms with van der Waals surface area (Å²) in [5.74, 6) is 0.765. The van der Waals surface area contributed by atoms with Crippen molar-refractivity contribution in [3.8, 4) is 0 Å². The zero-order valence-electron chi connectivity index (χ0n) is 5.12. The molecule has 2 nitrogen and oxygen atoms in total. The van der Waals surface area contributed by atoms with Crippen LogP contribution in [0.1, 0.15) is 6.42 Å². The number of hydrogen-bond donors (Lipinski definition) is 0. The Morgan fingerprint density at radius 3 is 3.00 bits per heavy atom. The van der Waals surface area contributed by atoms with Crippen molar-refractivity contribution in [2.24, 2.45) is 0 Å². The summed E-state index contributed by atoms with van der Waals surface area (Å²) < 4.78 is 11.1. The van der Waals surface area contributed by atoms with E-state index in [2.05, 4.69) is 11.1 Å². The van der Waals surface area contributed by atoms with Gasteiger partial charge in [-0.3, -0.25) is 4.21 Å². The quantitative estimate of drug-likeness (QED) is 0.486. The maximum absolute atomic E-state index is 11.1. The van der Waals surface area contributed by atoms with Gasteiger partial charge >= 0.3 is 0 Å². The van der Waals surface area contributed by atoms with Gasteiger partial charge in [-0.15, -0.1) is 0 Å². The van der Waals surface area contributed by atoms with Crippen LogP contribution < -0.4 is 0 Å². The summed E-state index contributed by atoms with van der Waals surface area (Å²) in [6, 6.07) is 0. The highest BCUT2D eigenvalue weighted by atomic mass is 32.2. The Hall–Kier alpha value is -0.310. The lowest BCUT2D eigenvalue weighted by molar-refractivity contribution is 0.224. The monoisotopic (exact) mass is 143 g/mol. The van der Waals surface area contributed by atoms with Crippen LogP contribution in [0, 0.1) is 0 Å². The Bertz CT molecular complexity index is 178. The van der Waals surface area contributed by atoms with Crippen molar-refractivity contribution < 1.29 is 4.21 Å².